The van der Waals surface area contributed by atoms with Gasteiger partial charge in [-0.3, -0.25) is 18.6 Å². The van der Waals surface area contributed by atoms with E-state index in [0.29, 0.717) is 31.5 Å². The summed E-state index contributed by atoms with van der Waals surface area (Å²) in [4.78, 5) is 35.0. The van der Waals surface area contributed by atoms with E-state index >= 15 is 0 Å². The van der Waals surface area contributed by atoms with Crippen LogP contribution in [-0.4, -0.2) is 77.9 Å². The first-order valence-electron chi connectivity index (χ1n) is 22.3. The van der Waals surface area contributed by atoms with Crippen LogP contribution >= 0.6 is 7.82 Å². The van der Waals surface area contributed by atoms with Gasteiger partial charge in [0, 0.05) is 12.8 Å². The first-order valence-corrected chi connectivity index (χ1v) is 23.8. The highest BCUT2D eigenvalue weighted by molar-refractivity contribution is 7.47. The molecule has 0 aliphatic carbocycles. The van der Waals surface area contributed by atoms with Crippen LogP contribution in [0.25, 0.3) is 0 Å². The molecule has 3 N–H and O–H groups in total. The monoisotopic (exact) mass is 861 g/mol. The van der Waals surface area contributed by atoms with Crippen molar-refractivity contribution in [2.75, 3.05) is 26.4 Å². The molecule has 0 aromatic heterocycles. The Morgan fingerprint density at radius 1 is 0.600 bits per heavy atom. The summed E-state index contributed by atoms with van der Waals surface area (Å²) in [6.45, 7) is 2.10. The summed E-state index contributed by atoms with van der Waals surface area (Å²) in [5.41, 5.74) is 0. The second kappa shape index (κ2) is 38.7. The van der Waals surface area contributed by atoms with Crippen LogP contribution in [0.2, 0.25) is 0 Å². The number of phosphoric ester groups is 1. The van der Waals surface area contributed by atoms with E-state index in [0.717, 1.165) is 77.0 Å². The highest BCUT2D eigenvalue weighted by atomic mass is 31.2. The van der Waals surface area contributed by atoms with Crippen molar-refractivity contribution in [1.29, 1.82) is 0 Å². The van der Waals surface area contributed by atoms with Crippen molar-refractivity contribution >= 4 is 19.8 Å². The number of epoxide rings is 1. The molecule has 60 heavy (non-hydrogen) atoms. The molecular weight excluding hydrogens is 783 g/mol. The summed E-state index contributed by atoms with van der Waals surface area (Å²) in [6.07, 6.45) is 49.8. The molecule has 0 spiro atoms. The van der Waals surface area contributed by atoms with Crippen molar-refractivity contribution < 1.29 is 52.5 Å². The number of phosphoric acid groups is 1. The SMILES string of the molecule is CC/C=C\C/C=C\C/C=C\C/C=C\C/C=C\CCCCCC(=O)OC[C@H](COP(=O)(O)OC[C@@H](O)CO)OC(=O)CCC/C=C\C/C=C\CC1OC1C/C=C\CCCCC. The van der Waals surface area contributed by atoms with Crippen LogP contribution in [-0.2, 0) is 37.4 Å². The molecular formula is C48H77O11P. The zero-order chi connectivity index (χ0) is 43.8. The lowest BCUT2D eigenvalue weighted by Crippen LogP contribution is -2.29. The van der Waals surface area contributed by atoms with Crippen LogP contribution in [0.3, 0.4) is 0 Å². The summed E-state index contributed by atoms with van der Waals surface area (Å²) in [5, 5.41) is 18.4. The minimum atomic E-state index is -4.65. The molecule has 3 unspecified atom stereocenters. The van der Waals surface area contributed by atoms with Gasteiger partial charge in [-0.1, -0.05) is 130 Å². The molecule has 0 amide bonds. The first kappa shape index (κ1) is 54.9. The zero-order valence-corrected chi connectivity index (χ0v) is 37.5. The lowest BCUT2D eigenvalue weighted by Gasteiger charge is -2.20. The number of hydrogen-bond acceptors (Lipinski definition) is 10. The standard InChI is InChI=1S/C48H77O11P/c1-3-5-7-9-11-12-13-14-15-16-17-18-19-20-21-22-25-29-33-37-47(51)55-41-44(42-57-60(53,54)56-40-43(50)39-49)58-48(52)38-34-30-26-23-24-28-32-36-46-45(59-46)35-31-27-10-8-6-4-2/h5,7,11-12,14-15,17-18,20-21,23,26-28,31-32,43-46,49-50H,3-4,6,8-10,13,16,19,22,24-25,29-30,33-42H2,1-2H3,(H,53,54)/b7-5-,12-11-,15-14-,18-17-,21-20-,26-23-,31-27-,32-28-/t43-,44+,45?,46?/m0/s1. The van der Waals surface area contributed by atoms with Crippen molar-refractivity contribution in [3.63, 3.8) is 0 Å². The van der Waals surface area contributed by atoms with E-state index < -0.39 is 51.8 Å². The third kappa shape index (κ3) is 35.6. The van der Waals surface area contributed by atoms with E-state index in [-0.39, 0.29) is 19.4 Å². The van der Waals surface area contributed by atoms with Gasteiger partial charge in [-0.15, -0.1) is 0 Å². The molecule has 0 bridgehead atoms. The summed E-state index contributed by atoms with van der Waals surface area (Å²) in [5.74, 6) is -1.04. The minimum Gasteiger partial charge on any atom is -0.462 e. The number of allylic oxidation sites excluding steroid dienone is 14. The molecule has 1 rings (SSSR count). The summed E-state index contributed by atoms with van der Waals surface area (Å²) >= 11 is 0. The van der Waals surface area contributed by atoms with Crippen molar-refractivity contribution in [2.45, 2.75) is 167 Å². The average Bonchev–Trinajstić information content (AvgIpc) is 4.00. The quantitative estimate of drug-likeness (QED) is 0.0177. The first-order chi connectivity index (χ1) is 29.2. The number of unbranched alkanes of at least 4 members (excludes halogenated alkanes) is 7. The third-order valence-corrected chi connectivity index (χ3v) is 10.1. The Morgan fingerprint density at radius 3 is 1.67 bits per heavy atom. The lowest BCUT2D eigenvalue weighted by atomic mass is 10.1. The number of aliphatic hydroxyl groups is 2. The van der Waals surface area contributed by atoms with E-state index in [1.54, 1.807) is 0 Å². The maximum Gasteiger partial charge on any atom is 0.472 e. The summed E-state index contributed by atoms with van der Waals surface area (Å²) in [6, 6.07) is 0. The van der Waals surface area contributed by atoms with Crippen LogP contribution in [0, 0.1) is 0 Å². The summed E-state index contributed by atoms with van der Waals surface area (Å²) < 4.78 is 38.4. The Hall–Kier alpha value is -3.15. The van der Waals surface area contributed by atoms with Crippen molar-refractivity contribution in [3.05, 3.63) is 97.2 Å². The number of ether oxygens (including phenoxy) is 3. The predicted octanol–water partition coefficient (Wildman–Crippen LogP) is 11.0. The normalized spacial score (nSPS) is 18.1. The molecule has 1 aliphatic rings. The zero-order valence-electron chi connectivity index (χ0n) is 36.6. The molecule has 12 heteroatoms. The maximum absolute atomic E-state index is 12.6. The Bertz CT molecular complexity index is 1380. The fourth-order valence-corrected chi connectivity index (χ4v) is 6.37. The van der Waals surface area contributed by atoms with E-state index in [1.165, 1.54) is 19.3 Å². The van der Waals surface area contributed by atoms with Crippen molar-refractivity contribution in [2.24, 2.45) is 0 Å². The Kier molecular flexibility index (Phi) is 35.4. The van der Waals surface area contributed by atoms with Gasteiger partial charge >= 0.3 is 19.8 Å². The molecule has 1 aliphatic heterocycles. The van der Waals surface area contributed by atoms with E-state index in [9.17, 15) is 24.2 Å². The minimum absolute atomic E-state index is 0.0892. The predicted molar refractivity (Wildman–Crippen MR) is 241 cm³/mol. The van der Waals surface area contributed by atoms with Gasteiger partial charge in [-0.2, -0.15) is 0 Å². The molecule has 1 fully saturated rings. The lowest BCUT2D eigenvalue weighted by molar-refractivity contribution is -0.161. The second-order valence-electron chi connectivity index (χ2n) is 14.7. The fourth-order valence-electron chi connectivity index (χ4n) is 5.58. The number of carbonyl (C=O) groups is 2. The van der Waals surface area contributed by atoms with E-state index in [2.05, 4.69) is 103 Å². The van der Waals surface area contributed by atoms with Gasteiger partial charge < -0.3 is 29.3 Å². The molecule has 0 aromatic rings. The highest BCUT2D eigenvalue weighted by Gasteiger charge is 2.36. The Morgan fingerprint density at radius 2 is 1.08 bits per heavy atom. The van der Waals surface area contributed by atoms with Crippen LogP contribution in [0.1, 0.15) is 142 Å². The average molecular weight is 861 g/mol. The molecule has 0 aromatic carbocycles. The Labute approximate surface area is 361 Å². The maximum atomic E-state index is 12.6. The molecule has 340 valence electrons. The fraction of sp³-hybridized carbons (Fsp3) is 0.625. The number of rotatable bonds is 39. The van der Waals surface area contributed by atoms with Gasteiger partial charge in [0.15, 0.2) is 6.10 Å². The third-order valence-electron chi connectivity index (χ3n) is 9.12. The number of esters is 2. The molecule has 1 heterocycles. The van der Waals surface area contributed by atoms with Gasteiger partial charge in [-0.05, 0) is 96.3 Å². The van der Waals surface area contributed by atoms with E-state index in [4.69, 9.17) is 23.8 Å². The van der Waals surface area contributed by atoms with Crippen LogP contribution < -0.4 is 0 Å². The van der Waals surface area contributed by atoms with E-state index in [1.807, 2.05) is 12.2 Å². The topological polar surface area (TPSA) is 161 Å². The van der Waals surface area contributed by atoms with Gasteiger partial charge in [0.05, 0.1) is 32.0 Å². The van der Waals surface area contributed by atoms with Gasteiger partial charge in [0.2, 0.25) is 0 Å². The molecule has 0 radical (unpaired) electrons. The molecule has 1 saturated heterocycles. The largest absolute Gasteiger partial charge is 0.472 e. The molecule has 5 atom stereocenters. The van der Waals surface area contributed by atoms with Crippen LogP contribution in [0.15, 0.2) is 97.2 Å². The van der Waals surface area contributed by atoms with Crippen molar-refractivity contribution in [3.8, 4) is 0 Å². The molecule has 0 saturated carbocycles. The van der Waals surface area contributed by atoms with Crippen LogP contribution in [0.5, 0.6) is 0 Å². The number of hydrogen-bond donors (Lipinski definition) is 3. The highest BCUT2D eigenvalue weighted by Crippen LogP contribution is 2.43. The summed E-state index contributed by atoms with van der Waals surface area (Å²) in [7, 11) is -4.65. The van der Waals surface area contributed by atoms with Gasteiger partial charge in [0.1, 0.15) is 12.7 Å². The van der Waals surface area contributed by atoms with Gasteiger partial charge in [0.25, 0.3) is 0 Å². The second-order valence-corrected chi connectivity index (χ2v) is 16.2. The smallest absolute Gasteiger partial charge is 0.462 e. The number of carbonyl (C=O) groups excluding carboxylic acids is 2. The van der Waals surface area contributed by atoms with Crippen molar-refractivity contribution in [1.82, 2.24) is 0 Å². The molecule has 11 nitrogen and oxygen atoms in total. The van der Waals surface area contributed by atoms with Gasteiger partial charge in [-0.25, -0.2) is 4.57 Å². The Balaban J connectivity index is 2.32. The number of aliphatic hydroxyl groups excluding tert-OH is 2. The van der Waals surface area contributed by atoms with Crippen LogP contribution in [0.4, 0.5) is 0 Å².